The lowest BCUT2D eigenvalue weighted by Crippen LogP contribution is -2.13. The second-order valence-corrected chi connectivity index (χ2v) is 7.73. The molecule has 1 amide bonds. The molecule has 0 atom stereocenters. The smallest absolute Gasteiger partial charge is 0.255 e. The highest BCUT2D eigenvalue weighted by atomic mass is 16.5. The average molecular weight is 470 g/mol. The number of rotatable bonds is 9. The largest absolute Gasteiger partial charge is 0.497 e. The predicted octanol–water partition coefficient (Wildman–Crippen LogP) is 6.21. The number of carbonyl (C=O) groups is 1. The van der Waals surface area contributed by atoms with Crippen LogP contribution in [-0.4, -0.2) is 27.2 Å². The van der Waals surface area contributed by atoms with Gasteiger partial charge >= 0.3 is 0 Å². The molecule has 0 heterocycles. The molecule has 0 saturated heterocycles. The minimum atomic E-state index is -0.274. The molecule has 4 rings (SSSR count). The van der Waals surface area contributed by atoms with Crippen LogP contribution in [-0.2, 0) is 6.61 Å². The highest BCUT2D eigenvalue weighted by Crippen LogP contribution is 2.30. The zero-order valence-corrected chi connectivity index (χ0v) is 19.9. The zero-order valence-electron chi connectivity index (χ0n) is 19.9. The molecule has 0 aromatic heterocycles. The van der Waals surface area contributed by atoms with Crippen molar-refractivity contribution < 1.29 is 23.7 Å². The van der Waals surface area contributed by atoms with E-state index >= 15 is 0 Å². The monoisotopic (exact) mass is 469 g/mol. The Balaban J connectivity index is 1.47. The van der Waals surface area contributed by atoms with Gasteiger partial charge in [0, 0.05) is 17.2 Å². The first-order valence-electron chi connectivity index (χ1n) is 11.1. The highest BCUT2D eigenvalue weighted by molar-refractivity contribution is 6.05. The lowest BCUT2D eigenvalue weighted by Gasteiger charge is -2.14. The first-order chi connectivity index (χ1) is 17.1. The molecule has 0 bridgehead atoms. The van der Waals surface area contributed by atoms with Gasteiger partial charge in [0.25, 0.3) is 5.91 Å². The highest BCUT2D eigenvalue weighted by Gasteiger charge is 2.14. The van der Waals surface area contributed by atoms with Crippen molar-refractivity contribution in [3.8, 4) is 34.1 Å². The Morgan fingerprint density at radius 2 is 1.37 bits per heavy atom. The van der Waals surface area contributed by atoms with Crippen molar-refractivity contribution in [2.75, 3.05) is 26.6 Å². The molecule has 4 aromatic carbocycles. The van der Waals surface area contributed by atoms with Gasteiger partial charge in [0.15, 0.2) is 0 Å². The van der Waals surface area contributed by atoms with E-state index in [1.54, 1.807) is 57.7 Å². The Morgan fingerprint density at radius 1 is 0.686 bits per heavy atom. The number of hydrogen-bond acceptors (Lipinski definition) is 5. The van der Waals surface area contributed by atoms with Gasteiger partial charge in [0.1, 0.15) is 29.6 Å². The van der Waals surface area contributed by atoms with Gasteiger partial charge in [0.2, 0.25) is 0 Å². The molecule has 0 saturated carbocycles. The van der Waals surface area contributed by atoms with Crippen LogP contribution in [0.15, 0.2) is 91.0 Å². The van der Waals surface area contributed by atoms with Crippen LogP contribution in [0.5, 0.6) is 23.0 Å². The molecule has 0 spiro atoms. The molecule has 0 aliphatic rings. The van der Waals surface area contributed by atoms with Gasteiger partial charge in [-0.15, -0.1) is 0 Å². The van der Waals surface area contributed by atoms with Crippen molar-refractivity contribution in [2.24, 2.45) is 0 Å². The van der Waals surface area contributed by atoms with Crippen LogP contribution in [0.3, 0.4) is 0 Å². The van der Waals surface area contributed by atoms with E-state index < -0.39 is 0 Å². The van der Waals surface area contributed by atoms with E-state index in [0.29, 0.717) is 28.5 Å². The molecule has 0 unspecified atom stereocenters. The molecule has 1 N–H and O–H groups in total. The number of nitrogens with one attached hydrogen (secondary N) is 1. The summed E-state index contributed by atoms with van der Waals surface area (Å²) >= 11 is 0. The second kappa shape index (κ2) is 11.1. The third kappa shape index (κ3) is 5.73. The summed E-state index contributed by atoms with van der Waals surface area (Å²) < 4.78 is 22.1. The SMILES string of the molecule is COc1ccc(NC(=O)c2ccc(OC)c(COc3ccc(-c4ccccc4)cc3)c2)c(OC)c1. The van der Waals surface area contributed by atoms with Crippen LogP contribution >= 0.6 is 0 Å². The lowest BCUT2D eigenvalue weighted by molar-refractivity contribution is 0.102. The molecule has 0 aliphatic carbocycles. The van der Waals surface area contributed by atoms with Crippen molar-refractivity contribution >= 4 is 11.6 Å². The summed E-state index contributed by atoms with van der Waals surface area (Å²) in [7, 11) is 4.71. The lowest BCUT2D eigenvalue weighted by atomic mass is 10.1. The molecule has 4 aromatic rings. The number of hydrogen-bond donors (Lipinski definition) is 1. The number of ether oxygens (including phenoxy) is 4. The van der Waals surface area contributed by atoms with E-state index in [4.69, 9.17) is 18.9 Å². The third-order valence-electron chi connectivity index (χ3n) is 5.56. The predicted molar refractivity (Wildman–Crippen MR) is 137 cm³/mol. The van der Waals surface area contributed by atoms with Gasteiger partial charge in [0.05, 0.1) is 27.0 Å². The second-order valence-electron chi connectivity index (χ2n) is 7.73. The van der Waals surface area contributed by atoms with Crippen molar-refractivity contribution in [3.05, 3.63) is 102 Å². The average Bonchev–Trinajstić information content (AvgIpc) is 2.92. The number of carbonyl (C=O) groups excluding carboxylic acids is 1. The normalized spacial score (nSPS) is 10.4. The Kier molecular flexibility index (Phi) is 7.53. The molecule has 6 heteroatoms. The van der Waals surface area contributed by atoms with E-state index in [1.165, 1.54) is 0 Å². The van der Waals surface area contributed by atoms with Gasteiger partial charge in [-0.05, 0) is 53.6 Å². The molecule has 178 valence electrons. The number of methoxy groups -OCH3 is 3. The fourth-order valence-corrected chi connectivity index (χ4v) is 3.66. The molecule has 6 nitrogen and oxygen atoms in total. The maximum atomic E-state index is 13.0. The van der Waals surface area contributed by atoms with Gasteiger partial charge in [-0.25, -0.2) is 0 Å². The summed E-state index contributed by atoms with van der Waals surface area (Å²) in [5.41, 5.74) is 4.04. The van der Waals surface area contributed by atoms with E-state index in [9.17, 15) is 4.79 Å². The van der Waals surface area contributed by atoms with Gasteiger partial charge in [-0.1, -0.05) is 42.5 Å². The Hall–Kier alpha value is -4.45. The van der Waals surface area contributed by atoms with Crippen molar-refractivity contribution in [3.63, 3.8) is 0 Å². The van der Waals surface area contributed by atoms with Gasteiger partial charge in [-0.3, -0.25) is 4.79 Å². The van der Waals surface area contributed by atoms with Crippen molar-refractivity contribution in [2.45, 2.75) is 6.61 Å². The number of benzene rings is 4. The Morgan fingerprint density at radius 3 is 2.06 bits per heavy atom. The van der Waals surface area contributed by atoms with Crippen LogP contribution in [0.2, 0.25) is 0 Å². The summed E-state index contributed by atoms with van der Waals surface area (Å²) in [5, 5.41) is 2.89. The Labute approximate surface area is 205 Å². The topological polar surface area (TPSA) is 66.0 Å². The van der Waals surface area contributed by atoms with Crippen LogP contribution < -0.4 is 24.3 Å². The summed E-state index contributed by atoms with van der Waals surface area (Å²) in [6.07, 6.45) is 0. The summed E-state index contributed by atoms with van der Waals surface area (Å²) in [6.45, 7) is 0.251. The minimum absolute atomic E-state index is 0.251. The van der Waals surface area contributed by atoms with E-state index in [-0.39, 0.29) is 12.5 Å². The van der Waals surface area contributed by atoms with E-state index in [1.807, 2.05) is 42.5 Å². The molecular formula is C29H27NO5. The Bertz CT molecular complexity index is 1290. The maximum absolute atomic E-state index is 13.0. The summed E-state index contributed by atoms with van der Waals surface area (Å²) in [5.74, 6) is 2.24. The minimum Gasteiger partial charge on any atom is -0.497 e. The van der Waals surface area contributed by atoms with Crippen LogP contribution in [0.1, 0.15) is 15.9 Å². The molecular weight excluding hydrogens is 442 g/mol. The number of anilines is 1. The number of amides is 1. The molecule has 0 aliphatic heterocycles. The molecule has 0 fully saturated rings. The summed E-state index contributed by atoms with van der Waals surface area (Å²) in [6, 6.07) is 28.5. The molecule has 0 radical (unpaired) electrons. The van der Waals surface area contributed by atoms with Crippen molar-refractivity contribution in [1.82, 2.24) is 0 Å². The van der Waals surface area contributed by atoms with E-state index in [0.717, 1.165) is 22.4 Å². The first-order valence-corrected chi connectivity index (χ1v) is 11.1. The molecule has 35 heavy (non-hydrogen) atoms. The maximum Gasteiger partial charge on any atom is 0.255 e. The van der Waals surface area contributed by atoms with Gasteiger partial charge < -0.3 is 24.3 Å². The van der Waals surface area contributed by atoms with Crippen LogP contribution in [0, 0.1) is 0 Å². The standard InChI is InChI=1S/C29H27NO5/c1-32-25-14-15-26(28(18-25)34-3)30-29(31)22-11-16-27(33-2)23(17-22)19-35-24-12-9-21(10-13-24)20-7-5-4-6-8-20/h4-18H,19H2,1-3H3,(H,30,31). The van der Waals surface area contributed by atoms with Gasteiger partial charge in [-0.2, -0.15) is 0 Å². The summed E-state index contributed by atoms with van der Waals surface area (Å²) in [4.78, 5) is 13.0. The fourth-order valence-electron chi connectivity index (χ4n) is 3.66. The zero-order chi connectivity index (χ0) is 24.6. The van der Waals surface area contributed by atoms with E-state index in [2.05, 4.69) is 17.4 Å². The van der Waals surface area contributed by atoms with Crippen LogP contribution in [0.4, 0.5) is 5.69 Å². The fraction of sp³-hybridized carbons (Fsp3) is 0.138. The first kappa shape index (κ1) is 23.7. The third-order valence-corrected chi connectivity index (χ3v) is 5.56. The quantitative estimate of drug-likeness (QED) is 0.316. The van der Waals surface area contributed by atoms with Crippen LogP contribution in [0.25, 0.3) is 11.1 Å². The van der Waals surface area contributed by atoms with Crippen molar-refractivity contribution in [1.29, 1.82) is 0 Å².